The van der Waals surface area contributed by atoms with Gasteiger partial charge >= 0.3 is 5.69 Å². The van der Waals surface area contributed by atoms with Crippen LogP contribution >= 0.6 is 0 Å². The van der Waals surface area contributed by atoms with Gasteiger partial charge in [-0.15, -0.1) is 0 Å². The van der Waals surface area contributed by atoms with Gasteiger partial charge in [0.15, 0.2) is 5.52 Å². The Bertz CT molecular complexity index is 910. The highest BCUT2D eigenvalue weighted by Gasteiger charge is 2.19. The van der Waals surface area contributed by atoms with Crippen molar-refractivity contribution < 1.29 is 4.92 Å². The third kappa shape index (κ3) is 3.48. The van der Waals surface area contributed by atoms with Crippen molar-refractivity contribution in [2.24, 2.45) is 0 Å². The van der Waals surface area contributed by atoms with Crippen LogP contribution in [-0.2, 0) is 0 Å². The fourth-order valence-electron chi connectivity index (χ4n) is 2.85. The minimum Gasteiger partial charge on any atom is -0.353 e. The summed E-state index contributed by atoms with van der Waals surface area (Å²) >= 11 is 0. The molecular weight excluding hydrogens is 320 g/mol. The van der Waals surface area contributed by atoms with Gasteiger partial charge in [-0.2, -0.15) is 0 Å². The molecule has 25 heavy (non-hydrogen) atoms. The molecule has 0 aliphatic carbocycles. The summed E-state index contributed by atoms with van der Waals surface area (Å²) in [5.41, 5.74) is 0.327. The molecule has 0 saturated heterocycles. The molecule has 0 fully saturated rings. The van der Waals surface area contributed by atoms with Crippen LogP contribution in [0.15, 0.2) is 30.7 Å². The molecule has 3 aromatic rings. The predicted octanol–water partition coefficient (Wildman–Crippen LogP) is 2.84. The number of hydrogen-bond donors (Lipinski definition) is 1. The molecule has 0 unspecified atom stereocenters. The summed E-state index contributed by atoms with van der Waals surface area (Å²) in [7, 11) is 0. The number of hydrogen-bond acceptors (Lipinski definition) is 7. The van der Waals surface area contributed by atoms with Gasteiger partial charge in [0.2, 0.25) is 5.95 Å². The molecule has 0 saturated carbocycles. The first kappa shape index (κ1) is 17.0. The molecule has 2 heterocycles. The van der Waals surface area contributed by atoms with Crippen LogP contribution in [0.3, 0.4) is 0 Å². The van der Waals surface area contributed by atoms with Gasteiger partial charge in [-0.3, -0.25) is 15.1 Å². The summed E-state index contributed by atoms with van der Waals surface area (Å²) < 4.78 is 0. The van der Waals surface area contributed by atoms with E-state index in [1.807, 2.05) is 6.07 Å². The first-order chi connectivity index (χ1) is 12.1. The lowest BCUT2D eigenvalue weighted by atomic mass is 10.1. The number of non-ortho nitro benzene ring substituents is 1. The van der Waals surface area contributed by atoms with Crippen molar-refractivity contribution in [3.05, 3.63) is 40.8 Å². The molecule has 3 rings (SSSR count). The Morgan fingerprint density at radius 2 is 2.04 bits per heavy atom. The van der Waals surface area contributed by atoms with Crippen LogP contribution in [0.2, 0.25) is 0 Å². The largest absolute Gasteiger partial charge is 0.353 e. The smallest absolute Gasteiger partial charge is 0.303 e. The maximum atomic E-state index is 11.6. The van der Waals surface area contributed by atoms with Crippen molar-refractivity contribution in [3.63, 3.8) is 0 Å². The number of anilines is 1. The Balaban J connectivity index is 1.97. The molecule has 1 aromatic carbocycles. The summed E-state index contributed by atoms with van der Waals surface area (Å²) in [5.74, 6) is 0.399. The second-order valence-corrected chi connectivity index (χ2v) is 5.66. The predicted molar refractivity (Wildman–Crippen MR) is 97.8 cm³/mol. The van der Waals surface area contributed by atoms with Gasteiger partial charge < -0.3 is 10.2 Å². The lowest BCUT2D eigenvalue weighted by Gasteiger charge is -2.17. The van der Waals surface area contributed by atoms with Gasteiger partial charge in [0.25, 0.3) is 0 Å². The highest BCUT2D eigenvalue weighted by Crippen LogP contribution is 2.32. The topological polar surface area (TPSA) is 97.1 Å². The van der Waals surface area contributed by atoms with Gasteiger partial charge in [0, 0.05) is 42.5 Å². The van der Waals surface area contributed by atoms with E-state index >= 15 is 0 Å². The lowest BCUT2D eigenvalue weighted by Crippen LogP contribution is -2.28. The maximum Gasteiger partial charge on any atom is 0.303 e. The van der Waals surface area contributed by atoms with Crippen LogP contribution in [0.4, 0.5) is 11.6 Å². The summed E-state index contributed by atoms with van der Waals surface area (Å²) in [6, 6.07) is 3.47. The highest BCUT2D eigenvalue weighted by molar-refractivity contribution is 6.06. The number of pyridine rings is 1. The second-order valence-electron chi connectivity index (χ2n) is 5.66. The SMILES string of the molecule is CCN(CC)CCNc1ncc2cc3cnccc3c([N+](=O)[O-])c2n1. The molecule has 8 heteroatoms. The molecule has 0 aliphatic rings. The zero-order valence-electron chi connectivity index (χ0n) is 14.3. The zero-order chi connectivity index (χ0) is 17.8. The third-order valence-electron chi connectivity index (χ3n) is 4.25. The van der Waals surface area contributed by atoms with E-state index in [0.717, 1.165) is 19.6 Å². The van der Waals surface area contributed by atoms with E-state index in [4.69, 9.17) is 0 Å². The zero-order valence-corrected chi connectivity index (χ0v) is 14.3. The van der Waals surface area contributed by atoms with Gasteiger partial charge in [-0.1, -0.05) is 13.8 Å². The van der Waals surface area contributed by atoms with Crippen molar-refractivity contribution in [1.29, 1.82) is 0 Å². The first-order valence-corrected chi connectivity index (χ1v) is 8.28. The Morgan fingerprint density at radius 3 is 2.76 bits per heavy atom. The minimum atomic E-state index is -0.392. The van der Waals surface area contributed by atoms with Crippen molar-refractivity contribution in [1.82, 2.24) is 19.9 Å². The maximum absolute atomic E-state index is 11.6. The van der Waals surface area contributed by atoms with E-state index < -0.39 is 4.92 Å². The quantitative estimate of drug-likeness (QED) is 0.401. The fraction of sp³-hybridized carbons (Fsp3) is 0.353. The van der Waals surface area contributed by atoms with E-state index in [9.17, 15) is 10.1 Å². The summed E-state index contributed by atoms with van der Waals surface area (Å²) in [6.45, 7) is 7.71. The number of likely N-dealkylation sites (N-methyl/N-ethyl adjacent to an activating group) is 1. The average molecular weight is 340 g/mol. The van der Waals surface area contributed by atoms with E-state index in [1.165, 1.54) is 0 Å². The number of nitrogens with one attached hydrogen (secondary N) is 1. The molecule has 0 spiro atoms. The highest BCUT2D eigenvalue weighted by atomic mass is 16.6. The molecule has 0 aliphatic heterocycles. The van der Waals surface area contributed by atoms with Gasteiger partial charge in [-0.05, 0) is 25.2 Å². The van der Waals surface area contributed by atoms with Crippen LogP contribution in [0.5, 0.6) is 0 Å². The average Bonchev–Trinajstić information content (AvgIpc) is 2.63. The van der Waals surface area contributed by atoms with Crippen LogP contribution in [0, 0.1) is 10.1 Å². The Hall–Kier alpha value is -2.87. The van der Waals surface area contributed by atoms with Crippen LogP contribution in [0.1, 0.15) is 13.8 Å². The number of nitro benzene ring substituents is 1. The number of nitrogens with zero attached hydrogens (tertiary/aromatic N) is 5. The van der Waals surface area contributed by atoms with E-state index in [1.54, 1.807) is 24.7 Å². The summed E-state index contributed by atoms with van der Waals surface area (Å²) in [4.78, 5) is 26.2. The standard InChI is InChI=1S/C17H20N6O2/c1-3-22(4-2)8-7-19-17-20-11-13-9-12-10-18-6-5-14(12)16(23(24)25)15(13)21-17/h5-6,9-11H,3-4,7-8H2,1-2H3,(H,19,20,21). The number of aromatic nitrogens is 3. The number of fused-ring (bicyclic) bond motifs is 2. The molecule has 0 amide bonds. The third-order valence-corrected chi connectivity index (χ3v) is 4.25. The molecule has 130 valence electrons. The molecule has 8 nitrogen and oxygen atoms in total. The molecule has 0 bridgehead atoms. The second kappa shape index (κ2) is 7.35. The number of nitro groups is 1. The van der Waals surface area contributed by atoms with E-state index in [-0.39, 0.29) is 5.69 Å². The van der Waals surface area contributed by atoms with Crippen molar-refractivity contribution >= 4 is 33.3 Å². The molecule has 2 aromatic heterocycles. The van der Waals surface area contributed by atoms with Crippen molar-refractivity contribution in [3.8, 4) is 0 Å². The van der Waals surface area contributed by atoms with Gasteiger partial charge in [0.05, 0.1) is 10.3 Å². The van der Waals surface area contributed by atoms with Crippen LogP contribution in [-0.4, -0.2) is 51.0 Å². The normalized spacial score (nSPS) is 11.3. The van der Waals surface area contributed by atoms with Gasteiger partial charge in [-0.25, -0.2) is 9.97 Å². The van der Waals surface area contributed by atoms with E-state index in [0.29, 0.717) is 34.2 Å². The van der Waals surface area contributed by atoms with Crippen LogP contribution < -0.4 is 5.32 Å². The van der Waals surface area contributed by atoms with Crippen molar-refractivity contribution in [2.45, 2.75) is 13.8 Å². The fourth-order valence-corrected chi connectivity index (χ4v) is 2.85. The first-order valence-electron chi connectivity index (χ1n) is 8.28. The molecule has 1 N–H and O–H groups in total. The summed E-state index contributed by atoms with van der Waals surface area (Å²) in [6.07, 6.45) is 4.77. The Kier molecular flexibility index (Phi) is 4.99. The minimum absolute atomic E-state index is 0.0101. The summed E-state index contributed by atoms with van der Waals surface area (Å²) in [5, 5.41) is 16.6. The molecule has 0 atom stereocenters. The number of benzene rings is 1. The number of rotatable bonds is 7. The monoisotopic (exact) mass is 340 g/mol. The lowest BCUT2D eigenvalue weighted by molar-refractivity contribution is -0.381. The van der Waals surface area contributed by atoms with Crippen molar-refractivity contribution in [2.75, 3.05) is 31.5 Å². The Labute approximate surface area is 145 Å². The van der Waals surface area contributed by atoms with Gasteiger partial charge in [0.1, 0.15) is 0 Å². The molecular formula is C17H20N6O2. The molecule has 0 radical (unpaired) electrons. The Morgan fingerprint density at radius 1 is 1.24 bits per heavy atom. The van der Waals surface area contributed by atoms with E-state index in [2.05, 4.69) is 39.0 Å². The van der Waals surface area contributed by atoms with Crippen LogP contribution in [0.25, 0.3) is 21.7 Å².